The molecule has 2 rings (SSSR count). The number of carbonyl (C=O) groups is 2. The van der Waals surface area contributed by atoms with Crippen molar-refractivity contribution >= 4 is 17.7 Å². The Morgan fingerprint density at radius 2 is 1.55 bits per heavy atom. The van der Waals surface area contributed by atoms with E-state index in [0.717, 1.165) is 11.1 Å². The number of methoxy groups -OCH3 is 6. The lowest BCUT2D eigenvalue weighted by molar-refractivity contribution is -0.112. The summed E-state index contributed by atoms with van der Waals surface area (Å²) < 4.78 is 40.5. The molecule has 0 aromatic heterocycles. The molecule has 0 radical (unpaired) electrons. The zero-order chi connectivity index (χ0) is 33.0. The van der Waals surface area contributed by atoms with Gasteiger partial charge in [0.2, 0.25) is 0 Å². The Bertz CT molecular complexity index is 1200. The molecule has 7 atom stereocenters. The number of benzene rings is 1. The van der Waals surface area contributed by atoms with Gasteiger partial charge < -0.3 is 44.2 Å². The zero-order valence-electron chi connectivity index (χ0n) is 27.7. The number of carbonyl (C=O) groups excluding carboxylic acids is 2. The van der Waals surface area contributed by atoms with Gasteiger partial charge in [-0.2, -0.15) is 0 Å². The fourth-order valence-corrected chi connectivity index (χ4v) is 5.66. The van der Waals surface area contributed by atoms with Gasteiger partial charge in [0.05, 0.1) is 38.2 Å². The van der Waals surface area contributed by atoms with E-state index in [1.54, 1.807) is 66.8 Å². The molecule has 1 aliphatic rings. The predicted molar refractivity (Wildman–Crippen MR) is 169 cm³/mol. The van der Waals surface area contributed by atoms with Crippen LogP contribution in [0.2, 0.25) is 0 Å². The Balaban J connectivity index is 2.73. The highest BCUT2D eigenvalue weighted by molar-refractivity contribution is 6.04. The summed E-state index contributed by atoms with van der Waals surface area (Å²) >= 11 is 0. The molecular weight excluding hydrogens is 568 g/mol. The maximum absolute atomic E-state index is 13.3. The van der Waals surface area contributed by atoms with Gasteiger partial charge in [0.15, 0.2) is 6.10 Å². The highest BCUT2D eigenvalue weighted by atomic mass is 16.6. The van der Waals surface area contributed by atoms with E-state index in [1.165, 1.54) is 7.11 Å². The minimum atomic E-state index is -0.922. The van der Waals surface area contributed by atoms with Gasteiger partial charge in [0.25, 0.3) is 5.91 Å². The smallest absolute Gasteiger partial charge is 0.405 e. The van der Waals surface area contributed by atoms with Gasteiger partial charge in [0, 0.05) is 45.6 Å². The van der Waals surface area contributed by atoms with E-state index in [-0.39, 0.29) is 30.0 Å². The summed E-state index contributed by atoms with van der Waals surface area (Å²) in [4.78, 5) is 25.1. The average Bonchev–Trinajstić information content (AvgIpc) is 2.99. The van der Waals surface area contributed by atoms with Crippen molar-refractivity contribution in [1.29, 1.82) is 0 Å². The third-order valence-electron chi connectivity index (χ3n) is 7.90. The van der Waals surface area contributed by atoms with Crippen molar-refractivity contribution in [3.8, 4) is 11.5 Å². The molecule has 1 aliphatic heterocycles. The molecule has 1 heterocycles. The molecule has 0 aliphatic carbocycles. The van der Waals surface area contributed by atoms with Crippen LogP contribution in [0.15, 0.2) is 47.6 Å². The van der Waals surface area contributed by atoms with Crippen molar-refractivity contribution < 1.29 is 42.7 Å². The Kier molecular flexibility index (Phi) is 14.9. The van der Waals surface area contributed by atoms with Crippen LogP contribution in [0.5, 0.6) is 11.5 Å². The zero-order valence-corrected chi connectivity index (χ0v) is 27.7. The summed E-state index contributed by atoms with van der Waals surface area (Å²) in [7, 11) is 9.59. The van der Waals surface area contributed by atoms with Crippen LogP contribution in [-0.4, -0.2) is 79.1 Å². The van der Waals surface area contributed by atoms with Gasteiger partial charge in [-0.1, -0.05) is 38.2 Å². The van der Waals surface area contributed by atoms with Crippen molar-refractivity contribution in [2.24, 2.45) is 17.6 Å². The van der Waals surface area contributed by atoms with Crippen LogP contribution in [-0.2, 0) is 28.5 Å². The predicted octanol–water partition coefficient (Wildman–Crippen LogP) is 5.35. The van der Waals surface area contributed by atoms with Crippen LogP contribution >= 0.6 is 0 Å². The first-order valence-corrected chi connectivity index (χ1v) is 14.6. The van der Waals surface area contributed by atoms with Crippen LogP contribution in [0.4, 0.5) is 10.5 Å². The maximum Gasteiger partial charge on any atom is 0.405 e. The molecule has 0 saturated carbocycles. The van der Waals surface area contributed by atoms with Gasteiger partial charge >= 0.3 is 6.09 Å². The first-order valence-electron chi connectivity index (χ1n) is 14.6. The molecule has 1 aromatic rings. The number of rotatable bonds is 7. The fraction of sp³-hybridized carbons (Fsp3) is 0.576. The summed E-state index contributed by atoms with van der Waals surface area (Å²) in [6.07, 6.45) is 4.95. The SMILES string of the molecule is COc1cc2c(OC)c(c1)[C@H](OC)[C@@H](C)C[C@H](OC)[C@H](OC)C[C@@H](C)/C=C(\C)[C@H](OC(N)=O)[C@@H](OC)/C=C\C=C(/C)C(=O)N2. The third kappa shape index (κ3) is 9.82. The Labute approximate surface area is 261 Å². The molecule has 11 nitrogen and oxygen atoms in total. The number of amides is 2. The van der Waals surface area contributed by atoms with E-state index >= 15 is 0 Å². The number of hydrogen-bond acceptors (Lipinski definition) is 9. The molecule has 0 fully saturated rings. The fourth-order valence-electron chi connectivity index (χ4n) is 5.66. The van der Waals surface area contributed by atoms with E-state index in [1.807, 2.05) is 19.1 Å². The van der Waals surface area contributed by atoms with Gasteiger partial charge in [-0.25, -0.2) is 4.79 Å². The average molecular weight is 619 g/mol. The van der Waals surface area contributed by atoms with Gasteiger partial charge in [-0.05, 0) is 50.2 Å². The summed E-state index contributed by atoms with van der Waals surface area (Å²) in [5.41, 5.74) is 7.76. The summed E-state index contributed by atoms with van der Waals surface area (Å²) in [6, 6.07) is 3.56. The van der Waals surface area contributed by atoms with E-state index in [0.29, 0.717) is 35.6 Å². The normalized spacial score (nSPS) is 30.5. The van der Waals surface area contributed by atoms with Gasteiger partial charge in [-0.15, -0.1) is 0 Å². The number of ether oxygens (including phenoxy) is 7. The van der Waals surface area contributed by atoms with Crippen LogP contribution in [0.3, 0.4) is 0 Å². The summed E-state index contributed by atoms with van der Waals surface area (Å²) in [5.74, 6) is 0.603. The number of allylic oxidation sites excluding steroid dienone is 3. The molecule has 3 N–H and O–H groups in total. The lowest BCUT2D eigenvalue weighted by Gasteiger charge is -2.32. The molecule has 0 unspecified atom stereocenters. The van der Waals surface area contributed by atoms with Crippen molar-refractivity contribution in [2.75, 3.05) is 48.0 Å². The Morgan fingerprint density at radius 1 is 0.886 bits per heavy atom. The molecule has 11 heteroatoms. The number of nitrogens with one attached hydrogen (secondary N) is 1. The highest BCUT2D eigenvalue weighted by Gasteiger charge is 2.32. The lowest BCUT2D eigenvalue weighted by Crippen LogP contribution is -2.35. The molecule has 2 amide bonds. The number of anilines is 1. The second kappa shape index (κ2) is 17.8. The van der Waals surface area contributed by atoms with E-state index < -0.39 is 24.4 Å². The highest BCUT2D eigenvalue weighted by Crippen LogP contribution is 2.42. The van der Waals surface area contributed by atoms with E-state index in [9.17, 15) is 9.59 Å². The maximum atomic E-state index is 13.3. The largest absolute Gasteiger partial charge is 0.497 e. The quantitative estimate of drug-likeness (QED) is 0.387. The van der Waals surface area contributed by atoms with Crippen molar-refractivity contribution in [1.82, 2.24) is 0 Å². The minimum Gasteiger partial charge on any atom is -0.497 e. The molecule has 246 valence electrons. The lowest BCUT2D eigenvalue weighted by atomic mass is 9.87. The summed E-state index contributed by atoms with van der Waals surface area (Å²) in [6.45, 7) is 7.67. The number of nitrogens with two attached hydrogens (primary N) is 1. The van der Waals surface area contributed by atoms with Crippen LogP contribution in [0, 0.1) is 11.8 Å². The number of primary amides is 1. The topological polar surface area (TPSA) is 137 Å². The molecule has 1 aromatic carbocycles. The minimum absolute atomic E-state index is 0.0176. The van der Waals surface area contributed by atoms with Crippen molar-refractivity contribution in [3.63, 3.8) is 0 Å². The Hall–Kier alpha value is -3.38. The van der Waals surface area contributed by atoms with E-state index in [2.05, 4.69) is 19.2 Å². The summed E-state index contributed by atoms with van der Waals surface area (Å²) in [5, 5.41) is 2.94. The van der Waals surface area contributed by atoms with Crippen LogP contribution in [0.25, 0.3) is 0 Å². The molecular formula is C33H50N2O9. The molecule has 0 saturated heterocycles. The van der Waals surface area contributed by atoms with E-state index in [4.69, 9.17) is 38.9 Å². The number of fused-ring (bicyclic) bond motifs is 2. The van der Waals surface area contributed by atoms with Crippen LogP contribution in [0.1, 0.15) is 52.2 Å². The molecule has 2 bridgehead atoms. The second-order valence-electron chi connectivity index (χ2n) is 11.1. The van der Waals surface area contributed by atoms with Crippen molar-refractivity contribution in [2.45, 2.75) is 71.1 Å². The first kappa shape index (κ1) is 36.8. The second-order valence-corrected chi connectivity index (χ2v) is 11.1. The Morgan fingerprint density at radius 3 is 2.09 bits per heavy atom. The third-order valence-corrected chi connectivity index (χ3v) is 7.90. The molecule has 0 spiro atoms. The molecule has 44 heavy (non-hydrogen) atoms. The monoisotopic (exact) mass is 618 g/mol. The van der Waals surface area contributed by atoms with Crippen LogP contribution < -0.4 is 20.5 Å². The standard InChI is InChI=1S/C33H50N2O9/c1-19-14-21(3)30(44-33(34)37)26(39-6)13-11-12-20(2)32(36)35-25-18-23(38-5)17-24(31(25)43-10)29(42-9)22(4)16-28(41-8)27(15-19)40-7/h11-14,17-19,22,26-30H,15-16H2,1-10H3,(H2,34,37)(H,35,36)/b13-11-,20-12+,21-14+/t19-,22-,26-,27+,28-,29+,30-/m0/s1. The number of hydrogen-bond donors (Lipinski definition) is 2. The first-order chi connectivity index (χ1) is 20.9. The van der Waals surface area contributed by atoms with Crippen molar-refractivity contribution in [3.05, 3.63) is 53.1 Å². The van der Waals surface area contributed by atoms with Gasteiger partial charge in [-0.3, -0.25) is 4.79 Å². The van der Waals surface area contributed by atoms with Gasteiger partial charge in [0.1, 0.15) is 17.6 Å².